The van der Waals surface area contributed by atoms with Crippen molar-refractivity contribution in [2.45, 2.75) is 45.4 Å². The van der Waals surface area contributed by atoms with E-state index in [4.69, 9.17) is 0 Å². The van der Waals surface area contributed by atoms with Gasteiger partial charge in [0.05, 0.1) is 0 Å². The van der Waals surface area contributed by atoms with Gasteiger partial charge < -0.3 is 5.32 Å². The largest absolute Gasteiger partial charge is 0.310 e. The van der Waals surface area contributed by atoms with Crippen LogP contribution in [0.15, 0.2) is 17.5 Å². The Kier molecular flexibility index (Phi) is 5.39. The minimum Gasteiger partial charge on any atom is -0.310 e. The van der Waals surface area contributed by atoms with Crippen LogP contribution in [0.2, 0.25) is 0 Å². The first kappa shape index (κ1) is 15.0. The molecule has 3 unspecified atom stereocenters. The van der Waals surface area contributed by atoms with E-state index in [1.165, 1.54) is 18.0 Å². The maximum absolute atomic E-state index is 3.58. The van der Waals surface area contributed by atoms with Gasteiger partial charge in [-0.3, -0.25) is 9.80 Å². The third-order valence-corrected chi connectivity index (χ3v) is 5.21. The molecule has 0 radical (unpaired) electrons. The number of likely N-dealkylation sites (N-methyl/N-ethyl adjacent to an activating group) is 1. The van der Waals surface area contributed by atoms with Gasteiger partial charge in [-0.25, -0.2) is 0 Å². The lowest BCUT2D eigenvalue weighted by atomic mass is 10.1. The Balaban J connectivity index is 1.75. The molecule has 2 rings (SSSR count). The molecule has 1 aliphatic rings. The topological polar surface area (TPSA) is 18.5 Å². The van der Waals surface area contributed by atoms with Gasteiger partial charge >= 0.3 is 0 Å². The fourth-order valence-electron chi connectivity index (χ4n) is 2.75. The van der Waals surface area contributed by atoms with Gasteiger partial charge in [-0.1, -0.05) is 6.07 Å². The molecule has 0 amide bonds. The summed E-state index contributed by atoms with van der Waals surface area (Å²) in [5.74, 6) is 0. The quantitative estimate of drug-likeness (QED) is 0.893. The summed E-state index contributed by atoms with van der Waals surface area (Å²) in [7, 11) is 2.24. The fourth-order valence-corrected chi connectivity index (χ4v) is 3.43. The number of nitrogens with one attached hydrogen (secondary N) is 1. The Morgan fingerprint density at radius 3 is 2.63 bits per heavy atom. The Hall–Kier alpha value is -0.420. The van der Waals surface area contributed by atoms with Crippen LogP contribution < -0.4 is 5.32 Å². The van der Waals surface area contributed by atoms with Crippen LogP contribution in [-0.2, 0) is 6.54 Å². The maximum Gasteiger partial charge on any atom is 0.0300 e. The highest BCUT2D eigenvalue weighted by Gasteiger charge is 2.28. The molecule has 0 aromatic carbocycles. The first-order valence-electron chi connectivity index (χ1n) is 7.27. The monoisotopic (exact) mass is 281 g/mol. The van der Waals surface area contributed by atoms with E-state index in [9.17, 15) is 0 Å². The molecule has 1 N–H and O–H groups in total. The van der Waals surface area contributed by atoms with Gasteiger partial charge in [0.2, 0.25) is 0 Å². The molecule has 0 bridgehead atoms. The van der Waals surface area contributed by atoms with Crippen LogP contribution >= 0.6 is 11.3 Å². The maximum atomic E-state index is 3.58. The van der Waals surface area contributed by atoms with Crippen LogP contribution in [0.4, 0.5) is 0 Å². The highest BCUT2D eigenvalue weighted by Crippen LogP contribution is 2.15. The summed E-state index contributed by atoms with van der Waals surface area (Å²) in [5.41, 5.74) is 0. The van der Waals surface area contributed by atoms with Crippen LogP contribution in [0.25, 0.3) is 0 Å². The highest BCUT2D eigenvalue weighted by atomic mass is 32.1. The second-order valence-corrected chi connectivity index (χ2v) is 6.91. The Labute approximate surface area is 121 Å². The molecule has 3 nitrogen and oxygen atoms in total. The van der Waals surface area contributed by atoms with Crippen molar-refractivity contribution < 1.29 is 0 Å². The predicted molar refractivity (Wildman–Crippen MR) is 83.7 cm³/mol. The third-order valence-electron chi connectivity index (χ3n) is 4.33. The lowest BCUT2D eigenvalue weighted by Crippen LogP contribution is -2.58. The van der Waals surface area contributed by atoms with E-state index in [1.807, 2.05) is 11.3 Å². The van der Waals surface area contributed by atoms with E-state index >= 15 is 0 Å². The molecule has 108 valence electrons. The van der Waals surface area contributed by atoms with Gasteiger partial charge in [-0.2, -0.15) is 0 Å². The van der Waals surface area contributed by atoms with E-state index in [1.54, 1.807) is 0 Å². The molecule has 1 saturated heterocycles. The van der Waals surface area contributed by atoms with Gasteiger partial charge in [0.1, 0.15) is 0 Å². The summed E-state index contributed by atoms with van der Waals surface area (Å²) < 4.78 is 0. The smallest absolute Gasteiger partial charge is 0.0300 e. The molecule has 2 heterocycles. The van der Waals surface area contributed by atoms with Crippen LogP contribution in [0.5, 0.6) is 0 Å². The van der Waals surface area contributed by atoms with Crippen molar-refractivity contribution in [2.24, 2.45) is 0 Å². The molecule has 19 heavy (non-hydrogen) atoms. The zero-order chi connectivity index (χ0) is 13.8. The Morgan fingerprint density at radius 2 is 2.05 bits per heavy atom. The molecule has 0 spiro atoms. The van der Waals surface area contributed by atoms with Crippen molar-refractivity contribution in [1.82, 2.24) is 15.1 Å². The van der Waals surface area contributed by atoms with Crippen LogP contribution in [-0.4, -0.2) is 54.6 Å². The first-order valence-corrected chi connectivity index (χ1v) is 8.15. The standard InChI is InChI=1S/C15H27N3S/c1-12(8-16-9-15-6-5-7-19-15)18-10-13(2)17(4)14(3)11-18/h5-7,12-14,16H,8-11H2,1-4H3. The molecule has 1 aromatic rings. The molecule has 4 heteroatoms. The van der Waals surface area contributed by atoms with E-state index in [0.717, 1.165) is 13.1 Å². The number of nitrogens with zero attached hydrogens (tertiary/aromatic N) is 2. The highest BCUT2D eigenvalue weighted by molar-refractivity contribution is 7.09. The average Bonchev–Trinajstić information content (AvgIpc) is 2.88. The average molecular weight is 281 g/mol. The van der Waals surface area contributed by atoms with Crippen molar-refractivity contribution in [3.05, 3.63) is 22.4 Å². The summed E-state index contributed by atoms with van der Waals surface area (Å²) >= 11 is 1.83. The molecule has 0 aliphatic carbocycles. The van der Waals surface area contributed by atoms with Gasteiger partial charge in [0, 0.05) is 49.2 Å². The van der Waals surface area contributed by atoms with Crippen molar-refractivity contribution in [3.63, 3.8) is 0 Å². The first-order chi connectivity index (χ1) is 9.08. The van der Waals surface area contributed by atoms with E-state index in [0.29, 0.717) is 18.1 Å². The van der Waals surface area contributed by atoms with Crippen molar-refractivity contribution in [3.8, 4) is 0 Å². The summed E-state index contributed by atoms with van der Waals surface area (Å²) in [6.45, 7) is 11.4. The third kappa shape index (κ3) is 4.02. The van der Waals surface area contributed by atoms with E-state index in [-0.39, 0.29) is 0 Å². The molecular formula is C15H27N3S. The second kappa shape index (κ2) is 6.84. The van der Waals surface area contributed by atoms with Crippen LogP contribution in [0.1, 0.15) is 25.6 Å². The fraction of sp³-hybridized carbons (Fsp3) is 0.733. The summed E-state index contributed by atoms with van der Waals surface area (Å²) in [5, 5.41) is 5.72. The molecule has 0 saturated carbocycles. The lowest BCUT2D eigenvalue weighted by Gasteiger charge is -2.45. The predicted octanol–water partition coefficient (Wildman–Crippen LogP) is 2.25. The summed E-state index contributed by atoms with van der Waals surface area (Å²) in [4.78, 5) is 6.53. The summed E-state index contributed by atoms with van der Waals surface area (Å²) in [6.07, 6.45) is 0. The zero-order valence-electron chi connectivity index (χ0n) is 12.6. The molecule has 3 atom stereocenters. The number of rotatable bonds is 5. The SMILES string of the molecule is CC(CNCc1cccs1)N1CC(C)N(C)C(C)C1. The van der Waals surface area contributed by atoms with Gasteiger partial charge in [-0.05, 0) is 39.3 Å². The van der Waals surface area contributed by atoms with Crippen molar-refractivity contribution >= 4 is 11.3 Å². The Bertz CT molecular complexity index is 353. The molecule has 1 fully saturated rings. The number of piperazine rings is 1. The molecule has 1 aliphatic heterocycles. The number of hydrogen-bond donors (Lipinski definition) is 1. The molecule has 1 aromatic heterocycles. The minimum atomic E-state index is 0.610. The van der Waals surface area contributed by atoms with E-state index < -0.39 is 0 Å². The zero-order valence-corrected chi connectivity index (χ0v) is 13.4. The number of thiophene rings is 1. The summed E-state index contributed by atoms with van der Waals surface area (Å²) in [6, 6.07) is 6.24. The van der Waals surface area contributed by atoms with Crippen molar-refractivity contribution in [1.29, 1.82) is 0 Å². The molecular weight excluding hydrogens is 254 g/mol. The van der Waals surface area contributed by atoms with E-state index in [2.05, 4.69) is 60.4 Å². The van der Waals surface area contributed by atoms with Gasteiger partial charge in [0.15, 0.2) is 0 Å². The van der Waals surface area contributed by atoms with Gasteiger partial charge in [0.25, 0.3) is 0 Å². The number of hydrogen-bond acceptors (Lipinski definition) is 4. The second-order valence-electron chi connectivity index (χ2n) is 5.88. The Morgan fingerprint density at radius 1 is 1.37 bits per heavy atom. The van der Waals surface area contributed by atoms with Crippen LogP contribution in [0.3, 0.4) is 0 Å². The normalized spacial score (nSPS) is 27.6. The lowest BCUT2D eigenvalue weighted by molar-refractivity contribution is 0.0381. The van der Waals surface area contributed by atoms with Gasteiger partial charge in [-0.15, -0.1) is 11.3 Å². The minimum absolute atomic E-state index is 0.610. The van der Waals surface area contributed by atoms with Crippen LogP contribution in [0, 0.1) is 0 Å². The van der Waals surface area contributed by atoms with Crippen molar-refractivity contribution in [2.75, 3.05) is 26.7 Å².